The summed E-state index contributed by atoms with van der Waals surface area (Å²) < 4.78 is 4.78. The monoisotopic (exact) mass is 133 g/mol. The van der Waals surface area contributed by atoms with Crippen LogP contribution >= 0.6 is 0 Å². The first kappa shape index (κ1) is 5.35. The van der Waals surface area contributed by atoms with Crippen molar-refractivity contribution in [3.8, 4) is 5.75 Å². The molecule has 0 unspecified atom stereocenters. The SMILES string of the molecule is Oc1ccc2[c]occ2c1. The molecule has 0 amide bonds. The Morgan fingerprint density at radius 1 is 1.40 bits per heavy atom. The number of fused-ring (bicyclic) bond motifs is 1. The van der Waals surface area contributed by atoms with Crippen LogP contribution in [0.5, 0.6) is 5.75 Å². The summed E-state index contributed by atoms with van der Waals surface area (Å²) in [4.78, 5) is 0. The summed E-state index contributed by atoms with van der Waals surface area (Å²) in [6, 6.07) is 5.00. The zero-order chi connectivity index (χ0) is 6.97. The molecule has 1 aromatic heterocycles. The average Bonchev–Trinajstić information content (AvgIpc) is 2.33. The number of furan rings is 1. The van der Waals surface area contributed by atoms with Crippen LogP contribution < -0.4 is 0 Å². The van der Waals surface area contributed by atoms with Gasteiger partial charge in [-0.2, -0.15) is 0 Å². The molecule has 0 aliphatic rings. The lowest BCUT2D eigenvalue weighted by Gasteiger charge is -1.87. The van der Waals surface area contributed by atoms with Crippen LogP contribution in [-0.4, -0.2) is 5.11 Å². The quantitative estimate of drug-likeness (QED) is 0.595. The number of hydrogen-bond acceptors (Lipinski definition) is 2. The van der Waals surface area contributed by atoms with E-state index in [4.69, 9.17) is 9.52 Å². The van der Waals surface area contributed by atoms with E-state index in [0.29, 0.717) is 0 Å². The van der Waals surface area contributed by atoms with E-state index in [9.17, 15) is 0 Å². The van der Waals surface area contributed by atoms with Crippen molar-refractivity contribution in [2.45, 2.75) is 0 Å². The average molecular weight is 133 g/mol. The maximum Gasteiger partial charge on any atom is 0.177 e. The minimum atomic E-state index is 0.252. The number of rotatable bonds is 0. The van der Waals surface area contributed by atoms with E-state index in [1.165, 1.54) is 0 Å². The van der Waals surface area contributed by atoms with Gasteiger partial charge in [0.15, 0.2) is 6.26 Å². The molecule has 0 saturated carbocycles. The maximum atomic E-state index is 8.99. The molecule has 1 radical (unpaired) electrons. The molecular weight excluding hydrogens is 128 g/mol. The summed E-state index contributed by atoms with van der Waals surface area (Å²) >= 11 is 0. The van der Waals surface area contributed by atoms with Gasteiger partial charge in [-0.05, 0) is 18.2 Å². The van der Waals surface area contributed by atoms with Gasteiger partial charge in [0.2, 0.25) is 0 Å². The van der Waals surface area contributed by atoms with Crippen LogP contribution in [0.1, 0.15) is 0 Å². The zero-order valence-electron chi connectivity index (χ0n) is 5.16. The highest BCUT2D eigenvalue weighted by atomic mass is 16.3. The second-order valence-electron chi connectivity index (χ2n) is 2.11. The standard InChI is InChI=1S/C8H5O2/c9-8-2-1-6-4-10-5-7(6)3-8/h1-3,5,9H. The lowest BCUT2D eigenvalue weighted by molar-refractivity contribution is 0.476. The second-order valence-corrected chi connectivity index (χ2v) is 2.11. The third kappa shape index (κ3) is 0.658. The summed E-state index contributed by atoms with van der Waals surface area (Å²) in [7, 11) is 0. The van der Waals surface area contributed by atoms with Gasteiger partial charge in [0.05, 0.1) is 6.26 Å². The summed E-state index contributed by atoms with van der Waals surface area (Å²) in [6.07, 6.45) is 4.21. The number of hydrogen-bond donors (Lipinski definition) is 1. The van der Waals surface area contributed by atoms with Crippen molar-refractivity contribution < 1.29 is 9.52 Å². The largest absolute Gasteiger partial charge is 0.508 e. The van der Waals surface area contributed by atoms with Gasteiger partial charge in [-0.15, -0.1) is 0 Å². The first-order chi connectivity index (χ1) is 4.86. The highest BCUT2D eigenvalue weighted by molar-refractivity contribution is 5.81. The Morgan fingerprint density at radius 3 is 3.20 bits per heavy atom. The van der Waals surface area contributed by atoms with E-state index in [1.54, 1.807) is 24.5 Å². The summed E-state index contributed by atoms with van der Waals surface area (Å²) in [5.74, 6) is 0.252. The highest BCUT2D eigenvalue weighted by Crippen LogP contribution is 2.19. The van der Waals surface area contributed by atoms with Crippen molar-refractivity contribution in [1.82, 2.24) is 0 Å². The molecule has 1 heterocycles. The molecule has 2 rings (SSSR count). The van der Waals surface area contributed by atoms with Gasteiger partial charge in [-0.1, -0.05) is 0 Å². The predicted octanol–water partition coefficient (Wildman–Crippen LogP) is 1.94. The van der Waals surface area contributed by atoms with Crippen molar-refractivity contribution in [2.75, 3.05) is 0 Å². The Kier molecular flexibility index (Phi) is 0.947. The first-order valence-electron chi connectivity index (χ1n) is 2.94. The third-order valence-corrected chi connectivity index (χ3v) is 1.39. The number of phenolic OH excluding ortho intramolecular Hbond substituents is 1. The molecule has 2 nitrogen and oxygen atoms in total. The maximum absolute atomic E-state index is 8.99. The fourth-order valence-corrected chi connectivity index (χ4v) is 0.897. The number of aromatic hydroxyl groups is 1. The van der Waals surface area contributed by atoms with Crippen LogP contribution in [-0.2, 0) is 0 Å². The van der Waals surface area contributed by atoms with Gasteiger partial charge in [-0.3, -0.25) is 0 Å². The lowest BCUT2D eigenvalue weighted by Crippen LogP contribution is -1.63. The first-order valence-corrected chi connectivity index (χ1v) is 2.94. The molecule has 10 heavy (non-hydrogen) atoms. The van der Waals surface area contributed by atoms with Crippen LogP contribution in [0.2, 0.25) is 0 Å². The summed E-state index contributed by atoms with van der Waals surface area (Å²) in [6.45, 7) is 0. The highest BCUT2D eigenvalue weighted by Gasteiger charge is 1.95. The third-order valence-electron chi connectivity index (χ3n) is 1.39. The van der Waals surface area contributed by atoms with Gasteiger partial charge in [0.25, 0.3) is 0 Å². The zero-order valence-corrected chi connectivity index (χ0v) is 5.16. The van der Waals surface area contributed by atoms with Gasteiger partial charge < -0.3 is 9.52 Å². The van der Waals surface area contributed by atoms with Crippen molar-refractivity contribution >= 4 is 10.8 Å². The molecular formula is C8H5O2. The van der Waals surface area contributed by atoms with Gasteiger partial charge in [0.1, 0.15) is 5.75 Å². The second kappa shape index (κ2) is 1.77. The molecule has 2 heteroatoms. The van der Waals surface area contributed by atoms with Crippen LogP contribution in [0.25, 0.3) is 10.8 Å². The van der Waals surface area contributed by atoms with Gasteiger partial charge >= 0.3 is 0 Å². The topological polar surface area (TPSA) is 33.4 Å². The van der Waals surface area contributed by atoms with Crippen molar-refractivity contribution in [3.63, 3.8) is 0 Å². The molecule has 0 spiro atoms. The Morgan fingerprint density at radius 2 is 2.30 bits per heavy atom. The fraction of sp³-hybridized carbons (Fsp3) is 0. The summed E-state index contributed by atoms with van der Waals surface area (Å²) in [5.41, 5.74) is 0. The Bertz CT molecular complexity index is 349. The summed E-state index contributed by atoms with van der Waals surface area (Å²) in [5, 5.41) is 10.8. The van der Waals surface area contributed by atoms with E-state index >= 15 is 0 Å². The number of phenols is 1. The fourth-order valence-electron chi connectivity index (χ4n) is 0.897. The molecule has 1 N–H and O–H groups in total. The molecule has 0 atom stereocenters. The van der Waals surface area contributed by atoms with E-state index < -0.39 is 0 Å². The Hall–Kier alpha value is -1.44. The van der Waals surface area contributed by atoms with Crippen molar-refractivity contribution in [1.29, 1.82) is 0 Å². The Balaban J connectivity index is 2.86. The van der Waals surface area contributed by atoms with Gasteiger partial charge in [0, 0.05) is 10.8 Å². The van der Waals surface area contributed by atoms with Crippen LogP contribution in [0, 0.1) is 6.26 Å². The minimum absolute atomic E-state index is 0.252. The molecule has 1 aromatic carbocycles. The van der Waals surface area contributed by atoms with Crippen LogP contribution in [0.15, 0.2) is 28.9 Å². The Labute approximate surface area is 57.7 Å². The van der Waals surface area contributed by atoms with Gasteiger partial charge in [-0.25, -0.2) is 0 Å². The smallest absolute Gasteiger partial charge is 0.177 e. The number of benzene rings is 1. The van der Waals surface area contributed by atoms with E-state index in [0.717, 1.165) is 10.8 Å². The molecule has 0 fully saturated rings. The minimum Gasteiger partial charge on any atom is -0.508 e. The molecule has 0 saturated heterocycles. The van der Waals surface area contributed by atoms with Crippen molar-refractivity contribution in [2.24, 2.45) is 0 Å². The predicted molar refractivity (Wildman–Crippen MR) is 36.7 cm³/mol. The lowest BCUT2D eigenvalue weighted by atomic mass is 10.2. The molecule has 0 bridgehead atoms. The molecule has 0 aliphatic carbocycles. The van der Waals surface area contributed by atoms with Crippen molar-refractivity contribution in [3.05, 3.63) is 30.7 Å². The van der Waals surface area contributed by atoms with Crippen LogP contribution in [0.3, 0.4) is 0 Å². The normalized spacial score (nSPS) is 10.4. The van der Waals surface area contributed by atoms with Crippen LogP contribution in [0.4, 0.5) is 0 Å². The van der Waals surface area contributed by atoms with E-state index in [2.05, 4.69) is 6.26 Å². The molecule has 49 valence electrons. The van der Waals surface area contributed by atoms with E-state index in [-0.39, 0.29) is 5.75 Å². The van der Waals surface area contributed by atoms with E-state index in [1.807, 2.05) is 0 Å². The molecule has 0 aliphatic heterocycles. The molecule has 2 aromatic rings.